The highest BCUT2D eigenvalue weighted by Crippen LogP contribution is 1.88. The Balaban J connectivity index is 2.19. The molecule has 0 aromatic rings. The minimum atomic E-state index is 1.35. The molecule has 0 aliphatic rings. The quantitative estimate of drug-likeness (QED) is 0.348. The third kappa shape index (κ3) is 4.95. The molecule has 0 aliphatic carbocycles. The Hall–Kier alpha value is 0.947. The van der Waals surface area contributed by atoms with Gasteiger partial charge in [0.2, 0.25) is 0 Å². The lowest BCUT2D eigenvalue weighted by atomic mass is 10.6. The molecule has 0 bridgehead atoms. The van der Waals surface area contributed by atoms with Crippen molar-refractivity contribution in [2.75, 3.05) is 4.43 Å². The van der Waals surface area contributed by atoms with Gasteiger partial charge in [0.05, 0.1) is 0 Å². The molecule has 5 heavy (non-hydrogen) atoms. The summed E-state index contributed by atoms with van der Waals surface area (Å²) in [6.45, 7) is 0. The third-order valence-electron chi connectivity index (χ3n) is 0.487. The molecule has 32 valence electrons. The number of rotatable bonds is 2. The molecule has 0 nitrogen and oxygen atoms in total. The van der Waals surface area contributed by atoms with E-state index in [4.69, 9.17) is 0 Å². The van der Waals surface area contributed by atoms with Gasteiger partial charge in [-0.25, -0.2) is 0 Å². The largest absolute Gasteiger partial charge is 0.0864 e. The third-order valence-corrected chi connectivity index (χ3v) is 1.96. The maximum Gasteiger partial charge on any atom is 0.00283 e. The Morgan fingerprint density at radius 3 is 2.20 bits per heavy atom. The highest BCUT2D eigenvalue weighted by atomic mass is 127. The summed E-state index contributed by atoms with van der Waals surface area (Å²) in [6.07, 6.45) is 1.44. The van der Waals surface area contributed by atoms with Crippen LogP contribution >= 0.6 is 22.6 Å². The first-order chi connectivity index (χ1) is 2.41. The standard InChI is InChI=1S/C3H9ISi/c4-2-1-3-5/h1-3H2,5H3. The van der Waals surface area contributed by atoms with E-state index in [0.717, 1.165) is 0 Å². The summed E-state index contributed by atoms with van der Waals surface area (Å²) in [5, 5.41) is 0. The van der Waals surface area contributed by atoms with Crippen LogP contribution in [0.4, 0.5) is 0 Å². The highest BCUT2D eigenvalue weighted by Gasteiger charge is 1.70. The summed E-state index contributed by atoms with van der Waals surface area (Å²) >= 11 is 2.41. The molecular weight excluding hydrogens is 191 g/mol. The van der Waals surface area contributed by atoms with Crippen LogP contribution in [0.15, 0.2) is 0 Å². The van der Waals surface area contributed by atoms with Gasteiger partial charge in [0.25, 0.3) is 0 Å². The van der Waals surface area contributed by atoms with E-state index in [0.29, 0.717) is 0 Å². The molecule has 0 unspecified atom stereocenters. The molecular formula is C3H9ISi. The molecule has 0 heterocycles. The van der Waals surface area contributed by atoms with Crippen LogP contribution in [0.5, 0.6) is 0 Å². The second-order valence-corrected chi connectivity index (χ2v) is 3.12. The monoisotopic (exact) mass is 200 g/mol. The number of alkyl halides is 1. The number of hydrogen-bond donors (Lipinski definition) is 0. The van der Waals surface area contributed by atoms with Gasteiger partial charge in [-0.15, -0.1) is 0 Å². The topological polar surface area (TPSA) is 0 Å². The Morgan fingerprint density at radius 1 is 1.60 bits per heavy atom. The zero-order valence-electron chi connectivity index (χ0n) is 3.50. The zero-order valence-corrected chi connectivity index (χ0v) is 7.66. The van der Waals surface area contributed by atoms with Gasteiger partial charge in [0, 0.05) is 10.2 Å². The molecule has 0 rings (SSSR count). The minimum Gasteiger partial charge on any atom is -0.0864 e. The van der Waals surface area contributed by atoms with Crippen molar-refractivity contribution in [3.05, 3.63) is 0 Å². The second kappa shape index (κ2) is 4.95. The fourth-order valence-corrected chi connectivity index (χ4v) is 2.69. The molecule has 0 radical (unpaired) electrons. The van der Waals surface area contributed by atoms with Crippen molar-refractivity contribution in [1.29, 1.82) is 0 Å². The van der Waals surface area contributed by atoms with Gasteiger partial charge in [-0.2, -0.15) is 0 Å². The fraction of sp³-hybridized carbons (Fsp3) is 1.00. The van der Waals surface area contributed by atoms with Crippen molar-refractivity contribution in [2.24, 2.45) is 0 Å². The predicted molar refractivity (Wildman–Crippen MR) is 38.3 cm³/mol. The molecule has 0 fully saturated rings. The van der Waals surface area contributed by atoms with E-state index in [1.54, 1.807) is 0 Å². The first kappa shape index (κ1) is 5.95. The first-order valence-corrected chi connectivity index (χ1v) is 4.91. The Kier molecular flexibility index (Phi) is 5.88. The van der Waals surface area contributed by atoms with Crippen molar-refractivity contribution in [2.45, 2.75) is 12.5 Å². The molecule has 0 aromatic heterocycles. The molecule has 0 saturated heterocycles. The first-order valence-electron chi connectivity index (χ1n) is 1.97. The minimum absolute atomic E-state index is 1.35. The predicted octanol–water partition coefficient (Wildman–Crippen LogP) is 0.595. The fourth-order valence-electron chi connectivity index (χ4n) is 0.134. The molecule has 0 spiro atoms. The summed E-state index contributed by atoms with van der Waals surface area (Å²) in [4.78, 5) is 0. The van der Waals surface area contributed by atoms with Gasteiger partial charge in [-0.05, 0) is 10.8 Å². The molecule has 2 heteroatoms. The van der Waals surface area contributed by atoms with Crippen LogP contribution in [0.2, 0.25) is 6.04 Å². The summed E-state index contributed by atoms with van der Waals surface area (Å²) < 4.78 is 1.35. The van der Waals surface area contributed by atoms with Crippen molar-refractivity contribution < 1.29 is 0 Å². The molecule has 0 saturated carbocycles. The maximum atomic E-state index is 2.41. The van der Waals surface area contributed by atoms with Crippen LogP contribution < -0.4 is 0 Å². The Bertz CT molecular complexity index is 14.4. The van der Waals surface area contributed by atoms with Gasteiger partial charge in [0.15, 0.2) is 0 Å². The van der Waals surface area contributed by atoms with Crippen molar-refractivity contribution in [3.8, 4) is 0 Å². The maximum absolute atomic E-state index is 2.41. The van der Waals surface area contributed by atoms with Crippen LogP contribution in [-0.4, -0.2) is 14.7 Å². The normalized spacial score (nSPS) is 9.00. The smallest absolute Gasteiger partial charge is 0.00283 e. The summed E-state index contributed by atoms with van der Waals surface area (Å²) in [5.41, 5.74) is 0. The summed E-state index contributed by atoms with van der Waals surface area (Å²) in [6, 6.07) is 1.48. The van der Waals surface area contributed by atoms with Crippen molar-refractivity contribution in [3.63, 3.8) is 0 Å². The van der Waals surface area contributed by atoms with Crippen molar-refractivity contribution in [1.82, 2.24) is 0 Å². The average molecular weight is 200 g/mol. The van der Waals surface area contributed by atoms with E-state index in [1.807, 2.05) is 0 Å². The van der Waals surface area contributed by atoms with Crippen LogP contribution in [-0.2, 0) is 0 Å². The lowest BCUT2D eigenvalue weighted by Gasteiger charge is -1.77. The lowest BCUT2D eigenvalue weighted by molar-refractivity contribution is 1.12. The van der Waals surface area contributed by atoms with Gasteiger partial charge >= 0.3 is 0 Å². The van der Waals surface area contributed by atoms with Gasteiger partial charge in [0.1, 0.15) is 0 Å². The van der Waals surface area contributed by atoms with E-state index in [1.165, 1.54) is 27.1 Å². The van der Waals surface area contributed by atoms with Crippen LogP contribution in [0.25, 0.3) is 0 Å². The Labute approximate surface area is 49.9 Å². The summed E-state index contributed by atoms with van der Waals surface area (Å²) in [7, 11) is 1.39. The van der Waals surface area contributed by atoms with E-state index < -0.39 is 0 Å². The lowest BCUT2D eigenvalue weighted by Crippen LogP contribution is -1.67. The molecule has 0 amide bonds. The van der Waals surface area contributed by atoms with E-state index >= 15 is 0 Å². The molecule has 0 atom stereocenters. The van der Waals surface area contributed by atoms with Gasteiger partial charge in [-0.3, -0.25) is 0 Å². The number of hydrogen-bond acceptors (Lipinski definition) is 0. The van der Waals surface area contributed by atoms with Crippen molar-refractivity contribution >= 4 is 32.8 Å². The highest BCUT2D eigenvalue weighted by molar-refractivity contribution is 14.1. The van der Waals surface area contributed by atoms with Crippen LogP contribution in [0, 0.1) is 0 Å². The second-order valence-electron chi connectivity index (χ2n) is 1.04. The number of halogens is 1. The van der Waals surface area contributed by atoms with Crippen LogP contribution in [0.3, 0.4) is 0 Å². The van der Waals surface area contributed by atoms with E-state index in [9.17, 15) is 0 Å². The Morgan fingerprint density at radius 2 is 2.20 bits per heavy atom. The summed E-state index contributed by atoms with van der Waals surface area (Å²) in [5.74, 6) is 0. The van der Waals surface area contributed by atoms with E-state index in [-0.39, 0.29) is 0 Å². The molecule has 0 aliphatic heterocycles. The molecule has 0 aromatic carbocycles. The average Bonchev–Trinajstić information content (AvgIpc) is 1.41. The van der Waals surface area contributed by atoms with Crippen LogP contribution in [0.1, 0.15) is 6.42 Å². The molecule has 0 N–H and O–H groups in total. The van der Waals surface area contributed by atoms with Gasteiger partial charge < -0.3 is 0 Å². The van der Waals surface area contributed by atoms with Gasteiger partial charge in [-0.1, -0.05) is 28.6 Å². The SMILES string of the molecule is [SiH3]CCCI. The van der Waals surface area contributed by atoms with E-state index in [2.05, 4.69) is 22.6 Å². The zero-order chi connectivity index (χ0) is 4.12.